The first-order valence-corrected chi connectivity index (χ1v) is 5.26. The van der Waals surface area contributed by atoms with E-state index in [1.54, 1.807) is 0 Å². The molecule has 1 heterocycles. The van der Waals surface area contributed by atoms with Crippen LogP contribution >= 0.6 is 0 Å². The normalized spacial score (nSPS) is 40.7. The Morgan fingerprint density at radius 1 is 1.23 bits per heavy atom. The molecule has 1 nitrogen and oxygen atoms in total. The summed E-state index contributed by atoms with van der Waals surface area (Å²) in [7, 11) is 0. The van der Waals surface area contributed by atoms with Gasteiger partial charge in [-0.15, -0.1) is 6.58 Å². The Balaban J connectivity index is 2.82. The average molecular weight is 181 g/mol. The first kappa shape index (κ1) is 10.8. The summed E-state index contributed by atoms with van der Waals surface area (Å²) in [6, 6.07) is 1.20. The molecule has 1 aliphatic rings. The second-order valence-corrected chi connectivity index (χ2v) is 5.47. The Bertz CT molecular complexity index is 190. The van der Waals surface area contributed by atoms with Gasteiger partial charge in [-0.2, -0.15) is 0 Å². The van der Waals surface area contributed by atoms with Crippen molar-refractivity contribution in [1.29, 1.82) is 0 Å². The van der Waals surface area contributed by atoms with Gasteiger partial charge < -0.3 is 5.32 Å². The van der Waals surface area contributed by atoms with Crippen LogP contribution in [0.25, 0.3) is 0 Å². The number of nitrogens with one attached hydrogen (secondary N) is 1. The van der Waals surface area contributed by atoms with Crippen molar-refractivity contribution in [3.8, 4) is 0 Å². The highest BCUT2D eigenvalue weighted by Gasteiger charge is 2.41. The lowest BCUT2D eigenvalue weighted by Gasteiger charge is -2.31. The lowest BCUT2D eigenvalue weighted by atomic mass is 9.77. The summed E-state index contributed by atoms with van der Waals surface area (Å²) >= 11 is 0. The van der Waals surface area contributed by atoms with Crippen molar-refractivity contribution in [2.45, 2.75) is 46.7 Å². The summed E-state index contributed by atoms with van der Waals surface area (Å²) in [5.74, 6) is 1.33. The van der Waals surface area contributed by atoms with Gasteiger partial charge in [-0.3, -0.25) is 0 Å². The van der Waals surface area contributed by atoms with E-state index in [1.807, 2.05) is 0 Å². The van der Waals surface area contributed by atoms with E-state index in [2.05, 4.69) is 52.6 Å². The van der Waals surface area contributed by atoms with Crippen LogP contribution in [0.3, 0.4) is 0 Å². The Morgan fingerprint density at radius 3 is 2.08 bits per heavy atom. The van der Waals surface area contributed by atoms with Gasteiger partial charge in [-0.25, -0.2) is 0 Å². The molecule has 13 heavy (non-hydrogen) atoms. The molecule has 1 heteroatoms. The topological polar surface area (TPSA) is 12.0 Å². The summed E-state index contributed by atoms with van der Waals surface area (Å²) in [6.07, 6.45) is 2.12. The van der Waals surface area contributed by atoms with E-state index in [0.717, 1.165) is 0 Å². The molecule has 4 atom stereocenters. The van der Waals surface area contributed by atoms with Crippen LogP contribution in [0.5, 0.6) is 0 Å². The van der Waals surface area contributed by atoms with Crippen LogP contribution in [-0.4, -0.2) is 12.1 Å². The maximum atomic E-state index is 3.95. The Hall–Kier alpha value is -0.300. The van der Waals surface area contributed by atoms with Crippen molar-refractivity contribution >= 4 is 0 Å². The van der Waals surface area contributed by atoms with Gasteiger partial charge >= 0.3 is 0 Å². The van der Waals surface area contributed by atoms with Crippen LogP contribution in [0.1, 0.15) is 34.6 Å². The maximum Gasteiger partial charge on any atom is 0.0184 e. The van der Waals surface area contributed by atoms with Crippen LogP contribution in [0.4, 0.5) is 0 Å². The van der Waals surface area contributed by atoms with E-state index in [-0.39, 0.29) is 0 Å². The van der Waals surface area contributed by atoms with Crippen LogP contribution < -0.4 is 5.32 Å². The molecule has 4 unspecified atom stereocenters. The predicted octanol–water partition coefficient (Wildman–Crippen LogP) is 2.83. The SMILES string of the molecule is C=CC1C(C)C(C)NC1C(C)(C)C. The van der Waals surface area contributed by atoms with Crippen molar-refractivity contribution < 1.29 is 0 Å². The third kappa shape index (κ3) is 1.96. The lowest BCUT2D eigenvalue weighted by molar-refractivity contribution is 0.252. The quantitative estimate of drug-likeness (QED) is 0.613. The molecular weight excluding hydrogens is 158 g/mol. The fourth-order valence-electron chi connectivity index (χ4n) is 2.36. The van der Waals surface area contributed by atoms with Gasteiger partial charge in [0.25, 0.3) is 0 Å². The zero-order valence-electron chi connectivity index (χ0n) is 9.59. The smallest absolute Gasteiger partial charge is 0.0184 e. The third-order valence-corrected chi connectivity index (χ3v) is 3.43. The van der Waals surface area contributed by atoms with E-state index in [0.29, 0.717) is 29.3 Å². The zero-order valence-corrected chi connectivity index (χ0v) is 9.59. The molecule has 1 N–H and O–H groups in total. The summed E-state index contributed by atoms with van der Waals surface area (Å²) in [5, 5.41) is 3.67. The van der Waals surface area contributed by atoms with Gasteiger partial charge in [-0.1, -0.05) is 33.8 Å². The van der Waals surface area contributed by atoms with E-state index < -0.39 is 0 Å². The number of hydrogen-bond acceptors (Lipinski definition) is 1. The van der Waals surface area contributed by atoms with Crippen LogP contribution in [0.15, 0.2) is 12.7 Å². The van der Waals surface area contributed by atoms with E-state index in [9.17, 15) is 0 Å². The largest absolute Gasteiger partial charge is 0.310 e. The van der Waals surface area contributed by atoms with Gasteiger partial charge in [-0.05, 0) is 24.2 Å². The minimum atomic E-state index is 0.331. The molecule has 0 bridgehead atoms. The summed E-state index contributed by atoms with van der Waals surface area (Å²) in [5.41, 5.74) is 0.331. The average Bonchev–Trinajstić information content (AvgIpc) is 2.28. The molecule has 76 valence electrons. The molecule has 1 rings (SSSR count). The summed E-state index contributed by atoms with van der Waals surface area (Å²) in [4.78, 5) is 0. The van der Waals surface area contributed by atoms with Crippen molar-refractivity contribution in [3.05, 3.63) is 12.7 Å². The zero-order chi connectivity index (χ0) is 10.2. The minimum Gasteiger partial charge on any atom is -0.310 e. The third-order valence-electron chi connectivity index (χ3n) is 3.43. The molecule has 1 saturated heterocycles. The highest BCUT2D eigenvalue weighted by atomic mass is 15.0. The van der Waals surface area contributed by atoms with E-state index in [4.69, 9.17) is 0 Å². The Kier molecular flexibility index (Phi) is 2.86. The highest BCUT2D eigenvalue weighted by Crippen LogP contribution is 2.37. The van der Waals surface area contributed by atoms with Crippen LogP contribution in [0, 0.1) is 17.3 Å². The van der Waals surface area contributed by atoms with Crippen LogP contribution in [0.2, 0.25) is 0 Å². The van der Waals surface area contributed by atoms with Gasteiger partial charge in [0, 0.05) is 12.1 Å². The second-order valence-electron chi connectivity index (χ2n) is 5.47. The van der Waals surface area contributed by atoms with Gasteiger partial charge in [0.05, 0.1) is 0 Å². The molecule has 0 aromatic heterocycles. The van der Waals surface area contributed by atoms with Crippen molar-refractivity contribution in [1.82, 2.24) is 5.32 Å². The molecule has 0 saturated carbocycles. The molecule has 0 amide bonds. The van der Waals surface area contributed by atoms with Gasteiger partial charge in [0.1, 0.15) is 0 Å². The second kappa shape index (κ2) is 3.45. The Morgan fingerprint density at radius 2 is 1.77 bits per heavy atom. The van der Waals surface area contributed by atoms with E-state index in [1.165, 1.54) is 0 Å². The fraction of sp³-hybridized carbons (Fsp3) is 0.833. The Labute approximate surface area is 82.6 Å². The first-order chi connectivity index (χ1) is 5.88. The molecule has 1 fully saturated rings. The van der Waals surface area contributed by atoms with Gasteiger partial charge in [0.2, 0.25) is 0 Å². The summed E-state index contributed by atoms with van der Waals surface area (Å²) < 4.78 is 0. The molecule has 0 aromatic carbocycles. The maximum absolute atomic E-state index is 3.95. The molecule has 0 radical (unpaired) electrons. The van der Waals surface area contributed by atoms with Crippen molar-refractivity contribution in [2.24, 2.45) is 17.3 Å². The van der Waals surface area contributed by atoms with E-state index >= 15 is 0 Å². The van der Waals surface area contributed by atoms with Gasteiger partial charge in [0.15, 0.2) is 0 Å². The lowest BCUT2D eigenvalue weighted by Crippen LogP contribution is -2.40. The molecular formula is C12H23N. The fourth-order valence-corrected chi connectivity index (χ4v) is 2.36. The van der Waals surface area contributed by atoms with Crippen molar-refractivity contribution in [3.63, 3.8) is 0 Å². The number of rotatable bonds is 1. The highest BCUT2D eigenvalue weighted by molar-refractivity contribution is 5.05. The predicted molar refractivity (Wildman–Crippen MR) is 58.7 cm³/mol. The molecule has 0 spiro atoms. The van der Waals surface area contributed by atoms with Crippen molar-refractivity contribution in [2.75, 3.05) is 0 Å². The van der Waals surface area contributed by atoms with Crippen LogP contribution in [-0.2, 0) is 0 Å². The molecule has 1 aliphatic heterocycles. The summed E-state index contributed by atoms with van der Waals surface area (Å²) in [6.45, 7) is 15.4. The minimum absolute atomic E-state index is 0.331. The number of hydrogen-bond donors (Lipinski definition) is 1. The monoisotopic (exact) mass is 181 g/mol. The molecule has 0 aromatic rings. The first-order valence-electron chi connectivity index (χ1n) is 5.26. The standard InChI is InChI=1S/C12H23N/c1-7-10-8(2)9(3)13-11(10)12(4,5)6/h7-11,13H,1H2,2-6H3. The molecule has 0 aliphatic carbocycles.